The molecule has 0 radical (unpaired) electrons. The minimum Gasteiger partial charge on any atom is -0.354 e. The van der Waals surface area contributed by atoms with Crippen molar-refractivity contribution in [3.8, 4) is 0 Å². The molecule has 0 aliphatic carbocycles. The van der Waals surface area contributed by atoms with Crippen LogP contribution < -0.4 is 5.32 Å². The summed E-state index contributed by atoms with van der Waals surface area (Å²) in [4.78, 5) is 28.8. The molecule has 3 aromatic rings. The number of nitrogens with zero attached hydrogens (tertiary/aromatic N) is 1. The summed E-state index contributed by atoms with van der Waals surface area (Å²) in [6.45, 7) is 5.02. The molecule has 0 aliphatic heterocycles. The van der Waals surface area contributed by atoms with Crippen molar-refractivity contribution in [1.82, 2.24) is 10.2 Å². The van der Waals surface area contributed by atoms with Gasteiger partial charge in [-0.25, -0.2) is 0 Å². The largest absolute Gasteiger partial charge is 0.354 e. The summed E-state index contributed by atoms with van der Waals surface area (Å²) in [5, 5.41) is 3.70. The molecule has 0 aliphatic rings. The van der Waals surface area contributed by atoms with Crippen LogP contribution in [-0.2, 0) is 29.0 Å². The van der Waals surface area contributed by atoms with Crippen LogP contribution in [-0.4, -0.2) is 29.3 Å². The van der Waals surface area contributed by atoms with Gasteiger partial charge in [-0.15, -0.1) is 0 Å². The van der Waals surface area contributed by atoms with Gasteiger partial charge in [-0.1, -0.05) is 102 Å². The molecule has 3 aromatic carbocycles. The molecule has 0 saturated carbocycles. The first-order valence-corrected chi connectivity index (χ1v) is 13.1. The monoisotopic (exact) mass is 554 g/mol. The standard InChI is InChI=1S/C29H32BrClN2O2/c1-21(2)19-32-29(35)27(18-22-8-4-3-5-9-22)33(20-23-12-15-25(30)16-13-23)28(34)17-14-24-10-6-7-11-26(24)31/h3-13,15-16,21,27H,14,17-20H2,1-2H3,(H,32,35). The minimum absolute atomic E-state index is 0.0755. The van der Waals surface area contributed by atoms with Gasteiger partial charge in [0.25, 0.3) is 0 Å². The molecule has 1 unspecified atom stereocenters. The molecule has 0 aromatic heterocycles. The lowest BCUT2D eigenvalue weighted by atomic mass is 10.0. The Morgan fingerprint density at radius 1 is 0.914 bits per heavy atom. The van der Waals surface area contributed by atoms with Gasteiger partial charge in [0.05, 0.1) is 0 Å². The van der Waals surface area contributed by atoms with Crippen LogP contribution in [0.25, 0.3) is 0 Å². The predicted molar refractivity (Wildman–Crippen MR) is 146 cm³/mol. The molecule has 0 saturated heterocycles. The SMILES string of the molecule is CC(C)CNC(=O)C(Cc1ccccc1)N(Cc1ccc(Br)cc1)C(=O)CCc1ccccc1Cl. The van der Waals surface area contributed by atoms with Crippen LogP contribution in [0.5, 0.6) is 0 Å². The Morgan fingerprint density at radius 3 is 2.23 bits per heavy atom. The summed E-state index contributed by atoms with van der Waals surface area (Å²) in [7, 11) is 0. The van der Waals surface area contributed by atoms with E-state index in [4.69, 9.17) is 11.6 Å². The van der Waals surface area contributed by atoms with Crippen LogP contribution in [0, 0.1) is 5.92 Å². The lowest BCUT2D eigenvalue weighted by Crippen LogP contribution is -2.51. The molecule has 0 spiro atoms. The molecule has 1 N–H and O–H groups in total. The van der Waals surface area contributed by atoms with Gasteiger partial charge in [0, 0.05) is 35.4 Å². The van der Waals surface area contributed by atoms with Crippen molar-refractivity contribution in [3.63, 3.8) is 0 Å². The van der Waals surface area contributed by atoms with Crippen molar-refractivity contribution in [2.75, 3.05) is 6.54 Å². The molecule has 4 nitrogen and oxygen atoms in total. The van der Waals surface area contributed by atoms with Crippen LogP contribution in [0.4, 0.5) is 0 Å². The van der Waals surface area contributed by atoms with Gasteiger partial charge in [-0.3, -0.25) is 9.59 Å². The maximum atomic E-state index is 13.7. The third kappa shape index (κ3) is 8.52. The summed E-state index contributed by atoms with van der Waals surface area (Å²) in [5.74, 6) is 0.103. The fourth-order valence-corrected chi connectivity index (χ4v) is 4.34. The highest BCUT2D eigenvalue weighted by molar-refractivity contribution is 9.10. The second kappa shape index (κ2) is 13.5. The van der Waals surface area contributed by atoms with E-state index in [9.17, 15) is 9.59 Å². The molecule has 2 amide bonds. The summed E-state index contributed by atoms with van der Waals surface area (Å²) in [6.07, 6.45) is 1.23. The van der Waals surface area contributed by atoms with E-state index in [1.54, 1.807) is 4.90 Å². The molecule has 35 heavy (non-hydrogen) atoms. The summed E-state index contributed by atoms with van der Waals surface area (Å²) in [5.41, 5.74) is 2.90. The highest BCUT2D eigenvalue weighted by atomic mass is 79.9. The lowest BCUT2D eigenvalue weighted by Gasteiger charge is -2.32. The molecule has 0 fully saturated rings. The normalized spacial score (nSPS) is 11.8. The zero-order valence-corrected chi connectivity index (χ0v) is 22.6. The third-order valence-electron chi connectivity index (χ3n) is 5.79. The number of carbonyl (C=O) groups excluding carboxylic acids is 2. The van der Waals surface area contributed by atoms with E-state index in [0.29, 0.717) is 36.9 Å². The lowest BCUT2D eigenvalue weighted by molar-refractivity contribution is -0.141. The average molecular weight is 556 g/mol. The fourth-order valence-electron chi connectivity index (χ4n) is 3.85. The van der Waals surface area contributed by atoms with Gasteiger partial charge >= 0.3 is 0 Å². The van der Waals surface area contributed by atoms with Crippen molar-refractivity contribution in [3.05, 3.63) is 105 Å². The molecular formula is C29H32BrClN2O2. The zero-order valence-electron chi connectivity index (χ0n) is 20.2. The highest BCUT2D eigenvalue weighted by Crippen LogP contribution is 2.21. The van der Waals surface area contributed by atoms with Gasteiger partial charge in [0.1, 0.15) is 6.04 Å². The average Bonchev–Trinajstić information content (AvgIpc) is 2.85. The van der Waals surface area contributed by atoms with Crippen molar-refractivity contribution in [2.45, 2.75) is 45.7 Å². The topological polar surface area (TPSA) is 49.4 Å². The maximum Gasteiger partial charge on any atom is 0.243 e. The maximum absolute atomic E-state index is 13.7. The van der Waals surface area contributed by atoms with E-state index in [1.165, 1.54) is 0 Å². The molecular weight excluding hydrogens is 524 g/mol. The number of rotatable bonds is 11. The number of hydrogen-bond acceptors (Lipinski definition) is 2. The molecule has 0 heterocycles. The number of aryl methyl sites for hydroxylation is 1. The van der Waals surface area contributed by atoms with Crippen molar-refractivity contribution < 1.29 is 9.59 Å². The third-order valence-corrected chi connectivity index (χ3v) is 6.69. The summed E-state index contributed by atoms with van der Waals surface area (Å²) < 4.78 is 0.966. The first-order valence-electron chi connectivity index (χ1n) is 11.9. The van der Waals surface area contributed by atoms with Crippen LogP contribution in [0.1, 0.15) is 37.0 Å². The Kier molecular flexibility index (Phi) is 10.4. The highest BCUT2D eigenvalue weighted by Gasteiger charge is 2.30. The fraction of sp³-hybridized carbons (Fsp3) is 0.310. The van der Waals surface area contributed by atoms with E-state index in [-0.39, 0.29) is 18.2 Å². The van der Waals surface area contributed by atoms with Gasteiger partial charge in [0.15, 0.2) is 0 Å². The van der Waals surface area contributed by atoms with E-state index >= 15 is 0 Å². The van der Waals surface area contributed by atoms with E-state index in [0.717, 1.165) is 21.2 Å². The Hall–Kier alpha value is -2.63. The Bertz CT molecular complexity index is 1100. The van der Waals surface area contributed by atoms with E-state index < -0.39 is 6.04 Å². The quantitative estimate of drug-likeness (QED) is 0.296. The second-order valence-corrected chi connectivity index (χ2v) is 10.4. The zero-order chi connectivity index (χ0) is 25.2. The van der Waals surface area contributed by atoms with Crippen LogP contribution in [0.2, 0.25) is 5.02 Å². The van der Waals surface area contributed by atoms with Gasteiger partial charge in [0.2, 0.25) is 11.8 Å². The van der Waals surface area contributed by atoms with Crippen LogP contribution >= 0.6 is 27.5 Å². The Balaban J connectivity index is 1.90. The molecule has 3 rings (SSSR count). The van der Waals surface area contributed by atoms with E-state index in [2.05, 4.69) is 35.1 Å². The predicted octanol–water partition coefficient (Wildman–Crippen LogP) is 6.45. The van der Waals surface area contributed by atoms with Crippen molar-refractivity contribution in [1.29, 1.82) is 0 Å². The Morgan fingerprint density at radius 2 is 1.57 bits per heavy atom. The number of benzene rings is 3. The Labute approximate surface area is 221 Å². The number of nitrogens with one attached hydrogen (secondary N) is 1. The number of hydrogen-bond donors (Lipinski definition) is 1. The number of carbonyl (C=O) groups is 2. The second-order valence-electron chi connectivity index (χ2n) is 9.08. The van der Waals surface area contributed by atoms with Gasteiger partial charge in [-0.2, -0.15) is 0 Å². The first-order chi connectivity index (χ1) is 16.8. The van der Waals surface area contributed by atoms with Crippen LogP contribution in [0.3, 0.4) is 0 Å². The first kappa shape index (κ1) is 27.0. The molecule has 6 heteroatoms. The number of halogens is 2. The molecule has 1 atom stereocenters. The summed E-state index contributed by atoms with van der Waals surface area (Å²) in [6, 6.07) is 24.6. The van der Waals surface area contributed by atoms with E-state index in [1.807, 2.05) is 78.9 Å². The van der Waals surface area contributed by atoms with Crippen molar-refractivity contribution in [2.24, 2.45) is 5.92 Å². The summed E-state index contributed by atoms with van der Waals surface area (Å²) >= 11 is 9.80. The van der Waals surface area contributed by atoms with Crippen molar-refractivity contribution >= 4 is 39.3 Å². The van der Waals surface area contributed by atoms with Crippen LogP contribution in [0.15, 0.2) is 83.3 Å². The molecule has 0 bridgehead atoms. The number of amides is 2. The minimum atomic E-state index is -0.626. The van der Waals surface area contributed by atoms with Gasteiger partial charge in [-0.05, 0) is 47.2 Å². The smallest absolute Gasteiger partial charge is 0.243 e. The molecule has 184 valence electrons. The van der Waals surface area contributed by atoms with Gasteiger partial charge < -0.3 is 10.2 Å².